The van der Waals surface area contributed by atoms with E-state index in [4.69, 9.17) is 0 Å². The van der Waals surface area contributed by atoms with E-state index in [-0.39, 0.29) is 11.9 Å². The van der Waals surface area contributed by atoms with Gasteiger partial charge in [0.1, 0.15) is 5.69 Å². The van der Waals surface area contributed by atoms with Crippen molar-refractivity contribution in [3.8, 4) is 5.69 Å². The number of carbonyl (C=O) groups excluding carboxylic acids is 1. The average molecular weight is 352 g/mol. The Bertz CT molecular complexity index is 893. The lowest BCUT2D eigenvalue weighted by Crippen LogP contribution is -2.27. The largest absolute Gasteiger partial charge is 0.389 e. The van der Waals surface area contributed by atoms with Crippen LogP contribution in [0.4, 0.5) is 0 Å². The molecule has 3 rings (SSSR count). The number of aliphatic hydroxyl groups is 1. The van der Waals surface area contributed by atoms with Crippen molar-refractivity contribution < 1.29 is 9.90 Å². The Labute approximate surface area is 152 Å². The molecule has 3 aromatic rings. The van der Waals surface area contributed by atoms with Crippen molar-refractivity contribution >= 4 is 5.91 Å². The van der Waals surface area contributed by atoms with Gasteiger partial charge in [0.25, 0.3) is 5.91 Å². The molecule has 2 aromatic heterocycles. The van der Waals surface area contributed by atoms with Gasteiger partial charge < -0.3 is 20.0 Å². The second-order valence-corrected chi connectivity index (χ2v) is 6.60. The van der Waals surface area contributed by atoms with Crippen molar-refractivity contribution in [1.29, 1.82) is 0 Å². The Morgan fingerprint density at radius 2 is 1.92 bits per heavy atom. The maximum atomic E-state index is 12.7. The van der Waals surface area contributed by atoms with E-state index in [0.717, 1.165) is 28.1 Å². The van der Waals surface area contributed by atoms with Crippen LogP contribution < -0.4 is 5.32 Å². The summed E-state index contributed by atoms with van der Waals surface area (Å²) in [4.78, 5) is 19.8. The number of H-pyrrole nitrogens is 1. The molecule has 6 nitrogen and oxygen atoms in total. The van der Waals surface area contributed by atoms with Crippen LogP contribution in [0.1, 0.15) is 58.9 Å². The highest BCUT2D eigenvalue weighted by molar-refractivity contribution is 5.94. The van der Waals surface area contributed by atoms with E-state index in [1.54, 1.807) is 19.4 Å². The van der Waals surface area contributed by atoms with Crippen LogP contribution in [0.25, 0.3) is 5.69 Å². The minimum absolute atomic E-state index is 0.141. The molecule has 0 radical (unpaired) electrons. The first-order valence-corrected chi connectivity index (χ1v) is 8.64. The molecule has 3 N–H and O–H groups in total. The zero-order valence-electron chi connectivity index (χ0n) is 15.4. The molecule has 2 atom stereocenters. The van der Waals surface area contributed by atoms with Gasteiger partial charge in [-0.2, -0.15) is 0 Å². The molecular weight excluding hydrogens is 328 g/mol. The fraction of sp³-hybridized carbons (Fsp3) is 0.300. The van der Waals surface area contributed by atoms with Gasteiger partial charge >= 0.3 is 0 Å². The van der Waals surface area contributed by atoms with Crippen molar-refractivity contribution in [3.63, 3.8) is 0 Å². The molecule has 0 aliphatic heterocycles. The van der Waals surface area contributed by atoms with Crippen LogP contribution in [0.15, 0.2) is 43.0 Å². The van der Waals surface area contributed by atoms with Crippen LogP contribution in [0.3, 0.4) is 0 Å². The molecule has 0 unspecified atom stereocenters. The maximum absolute atomic E-state index is 12.7. The molecule has 136 valence electrons. The Morgan fingerprint density at radius 1 is 1.23 bits per heavy atom. The highest BCUT2D eigenvalue weighted by atomic mass is 16.3. The average Bonchev–Trinajstić information content (AvgIpc) is 3.23. The second kappa shape index (κ2) is 7.17. The molecule has 2 heterocycles. The van der Waals surface area contributed by atoms with Gasteiger partial charge in [-0.3, -0.25) is 4.79 Å². The molecule has 0 saturated heterocycles. The Morgan fingerprint density at radius 3 is 2.46 bits per heavy atom. The summed E-state index contributed by atoms with van der Waals surface area (Å²) < 4.78 is 1.93. The van der Waals surface area contributed by atoms with E-state index in [2.05, 4.69) is 15.3 Å². The van der Waals surface area contributed by atoms with Gasteiger partial charge in [-0.05, 0) is 51.0 Å². The summed E-state index contributed by atoms with van der Waals surface area (Å²) in [5.74, 6) is -0.177. The number of carbonyl (C=O) groups is 1. The van der Waals surface area contributed by atoms with E-state index in [0.29, 0.717) is 5.69 Å². The van der Waals surface area contributed by atoms with Crippen molar-refractivity contribution in [2.75, 3.05) is 0 Å². The predicted molar refractivity (Wildman–Crippen MR) is 100 cm³/mol. The van der Waals surface area contributed by atoms with Gasteiger partial charge in [0.15, 0.2) is 0 Å². The van der Waals surface area contributed by atoms with Crippen LogP contribution >= 0.6 is 0 Å². The minimum atomic E-state index is -0.610. The number of rotatable bonds is 5. The third-order valence-electron chi connectivity index (χ3n) is 4.68. The minimum Gasteiger partial charge on any atom is -0.389 e. The summed E-state index contributed by atoms with van der Waals surface area (Å²) in [6.07, 6.45) is 4.76. The van der Waals surface area contributed by atoms with E-state index in [9.17, 15) is 9.90 Å². The lowest BCUT2D eigenvalue weighted by Gasteiger charge is -2.15. The van der Waals surface area contributed by atoms with Crippen molar-refractivity contribution in [2.24, 2.45) is 0 Å². The number of aromatic amines is 1. The number of aromatic nitrogens is 3. The SMILES string of the molecule is Cc1[nH]c(C(=O)N[C@@H](C)c2ccc(-n3ccnc3)cc2)c(C)c1[C@@H](C)O. The summed E-state index contributed by atoms with van der Waals surface area (Å²) in [6.45, 7) is 7.37. The van der Waals surface area contributed by atoms with Crippen LogP contribution in [0.2, 0.25) is 0 Å². The number of imidazole rings is 1. The molecular formula is C20H24N4O2. The first-order valence-electron chi connectivity index (χ1n) is 8.64. The third-order valence-corrected chi connectivity index (χ3v) is 4.68. The normalized spacial score (nSPS) is 13.4. The first-order chi connectivity index (χ1) is 12.4. The Hall–Kier alpha value is -2.86. The molecule has 1 aromatic carbocycles. The molecule has 0 aliphatic carbocycles. The Balaban J connectivity index is 1.74. The van der Waals surface area contributed by atoms with Crippen LogP contribution in [0.5, 0.6) is 0 Å². The lowest BCUT2D eigenvalue weighted by atomic mass is 10.0. The quantitative estimate of drug-likeness (QED) is 0.658. The number of amides is 1. The summed E-state index contributed by atoms with van der Waals surface area (Å²) in [6, 6.07) is 7.84. The lowest BCUT2D eigenvalue weighted by molar-refractivity contribution is 0.0934. The molecule has 0 fully saturated rings. The summed E-state index contributed by atoms with van der Waals surface area (Å²) in [5, 5.41) is 12.9. The van der Waals surface area contributed by atoms with E-state index < -0.39 is 6.10 Å². The van der Waals surface area contributed by atoms with Gasteiger partial charge in [0.05, 0.1) is 18.5 Å². The molecule has 0 saturated carbocycles. The number of hydrogen-bond donors (Lipinski definition) is 3. The van der Waals surface area contributed by atoms with Gasteiger partial charge in [-0.1, -0.05) is 12.1 Å². The second-order valence-electron chi connectivity index (χ2n) is 6.60. The third kappa shape index (κ3) is 3.41. The van der Waals surface area contributed by atoms with E-state index >= 15 is 0 Å². The van der Waals surface area contributed by atoms with Gasteiger partial charge in [-0.15, -0.1) is 0 Å². The molecule has 0 aliphatic rings. The van der Waals surface area contributed by atoms with Crippen LogP contribution in [-0.4, -0.2) is 25.5 Å². The fourth-order valence-electron chi connectivity index (χ4n) is 3.32. The number of aryl methyl sites for hydroxylation is 1. The molecule has 6 heteroatoms. The van der Waals surface area contributed by atoms with Crippen molar-refractivity contribution in [3.05, 3.63) is 71.1 Å². The number of aliphatic hydroxyl groups excluding tert-OH is 1. The van der Waals surface area contributed by atoms with E-state index in [1.807, 2.05) is 55.8 Å². The molecule has 0 spiro atoms. The fourth-order valence-corrected chi connectivity index (χ4v) is 3.32. The number of hydrogen-bond acceptors (Lipinski definition) is 3. The Kier molecular flexibility index (Phi) is 4.95. The van der Waals surface area contributed by atoms with Crippen LogP contribution in [0, 0.1) is 13.8 Å². The topological polar surface area (TPSA) is 82.9 Å². The molecule has 0 bridgehead atoms. The number of nitrogens with zero attached hydrogens (tertiary/aromatic N) is 2. The highest BCUT2D eigenvalue weighted by Gasteiger charge is 2.21. The standard InChI is InChI=1S/C20H24N4O2/c1-12-18(15(4)25)14(3)22-19(12)20(26)23-13(2)16-5-7-17(8-6-16)24-10-9-21-11-24/h5-11,13,15,22,25H,1-4H3,(H,23,26)/t13-,15+/m0/s1. The molecule has 26 heavy (non-hydrogen) atoms. The smallest absolute Gasteiger partial charge is 0.268 e. The number of nitrogens with one attached hydrogen (secondary N) is 2. The summed E-state index contributed by atoms with van der Waals surface area (Å²) in [7, 11) is 0. The highest BCUT2D eigenvalue weighted by Crippen LogP contribution is 2.25. The van der Waals surface area contributed by atoms with Crippen LogP contribution in [-0.2, 0) is 0 Å². The van der Waals surface area contributed by atoms with Gasteiger partial charge in [-0.25, -0.2) is 4.98 Å². The van der Waals surface area contributed by atoms with E-state index in [1.165, 1.54) is 0 Å². The summed E-state index contributed by atoms with van der Waals surface area (Å²) in [5.41, 5.74) is 4.92. The first kappa shape index (κ1) is 17.9. The summed E-state index contributed by atoms with van der Waals surface area (Å²) >= 11 is 0. The van der Waals surface area contributed by atoms with Gasteiger partial charge in [0, 0.05) is 29.3 Å². The number of benzene rings is 1. The zero-order valence-corrected chi connectivity index (χ0v) is 15.4. The zero-order chi connectivity index (χ0) is 18.8. The monoisotopic (exact) mass is 352 g/mol. The van der Waals surface area contributed by atoms with Gasteiger partial charge in [0.2, 0.25) is 0 Å². The van der Waals surface area contributed by atoms with Crippen molar-refractivity contribution in [1.82, 2.24) is 19.9 Å². The predicted octanol–water partition coefficient (Wildman–Crippen LogP) is 3.36. The van der Waals surface area contributed by atoms with Crippen molar-refractivity contribution in [2.45, 2.75) is 39.8 Å². The molecule has 1 amide bonds. The maximum Gasteiger partial charge on any atom is 0.268 e.